The third kappa shape index (κ3) is 3.45. The smallest absolute Gasteiger partial charge is 0.253 e. The molecule has 0 spiro atoms. The second-order valence-corrected chi connectivity index (χ2v) is 8.25. The van der Waals surface area contributed by atoms with Crippen LogP contribution in [-0.2, 0) is 6.54 Å². The highest BCUT2D eigenvalue weighted by molar-refractivity contribution is 7.09. The molecule has 6 nitrogen and oxygen atoms in total. The van der Waals surface area contributed by atoms with Crippen LogP contribution in [0.25, 0.3) is 16.9 Å². The quantitative estimate of drug-likeness (QED) is 0.556. The van der Waals surface area contributed by atoms with Crippen molar-refractivity contribution in [2.45, 2.75) is 40.3 Å². The average Bonchev–Trinajstić information content (AvgIpc) is 3.32. The summed E-state index contributed by atoms with van der Waals surface area (Å²) in [7, 11) is 0. The van der Waals surface area contributed by atoms with Gasteiger partial charge in [0.05, 0.1) is 34.0 Å². The topological polar surface area (TPSA) is 64.2 Å². The summed E-state index contributed by atoms with van der Waals surface area (Å²) in [6.07, 6.45) is 4.00. The van der Waals surface area contributed by atoms with Crippen molar-refractivity contribution in [3.8, 4) is 11.4 Å². The minimum atomic E-state index is -0.0703. The fourth-order valence-electron chi connectivity index (χ4n) is 3.32. The van der Waals surface area contributed by atoms with E-state index >= 15 is 0 Å². The van der Waals surface area contributed by atoms with Crippen LogP contribution in [0.2, 0.25) is 0 Å². The minimum absolute atomic E-state index is 0.0703. The second kappa shape index (κ2) is 7.24. The molecule has 4 rings (SSSR count). The van der Waals surface area contributed by atoms with Crippen molar-refractivity contribution in [1.82, 2.24) is 24.3 Å². The van der Waals surface area contributed by atoms with Gasteiger partial charge in [0, 0.05) is 23.8 Å². The van der Waals surface area contributed by atoms with Crippen molar-refractivity contribution in [3.63, 3.8) is 0 Å². The van der Waals surface area contributed by atoms with Crippen molar-refractivity contribution < 1.29 is 4.79 Å². The minimum Gasteiger partial charge on any atom is -0.350 e. The number of amides is 1. The molecule has 0 aliphatic heterocycles. The Kier molecular flexibility index (Phi) is 4.77. The molecule has 0 aromatic carbocycles. The Hall–Kier alpha value is -2.93. The molecular weight excluding hydrogens is 370 g/mol. The lowest BCUT2D eigenvalue weighted by Crippen LogP contribution is -2.29. The lowest BCUT2D eigenvalue weighted by atomic mass is 10.2. The summed E-state index contributed by atoms with van der Waals surface area (Å²) in [5.41, 5.74) is 4.31. The molecule has 4 aromatic heterocycles. The number of aryl methyl sites for hydroxylation is 2. The van der Waals surface area contributed by atoms with E-state index in [9.17, 15) is 4.79 Å². The first kappa shape index (κ1) is 18.4. The Balaban J connectivity index is 1.75. The number of fused-ring (bicyclic) bond motifs is 1. The number of hydrogen-bond acceptors (Lipinski definition) is 4. The Morgan fingerprint density at radius 3 is 2.79 bits per heavy atom. The van der Waals surface area contributed by atoms with E-state index in [-0.39, 0.29) is 11.9 Å². The summed E-state index contributed by atoms with van der Waals surface area (Å²) in [4.78, 5) is 22.0. The predicted molar refractivity (Wildman–Crippen MR) is 112 cm³/mol. The predicted octanol–water partition coefficient (Wildman–Crippen LogP) is 4.06. The molecule has 0 aliphatic rings. The van der Waals surface area contributed by atoms with Crippen LogP contribution in [0.1, 0.15) is 40.7 Å². The summed E-state index contributed by atoms with van der Waals surface area (Å²) in [6, 6.07) is 7.87. The van der Waals surface area contributed by atoms with E-state index in [0.29, 0.717) is 12.1 Å². The molecule has 7 heteroatoms. The number of pyridine rings is 1. The first-order valence-corrected chi connectivity index (χ1v) is 10.2. The molecule has 28 heavy (non-hydrogen) atoms. The number of imidazole rings is 1. The highest BCUT2D eigenvalue weighted by Gasteiger charge is 2.19. The number of rotatable bonds is 5. The van der Waals surface area contributed by atoms with Gasteiger partial charge in [0.2, 0.25) is 0 Å². The molecular formula is C21H23N5OS. The fraction of sp³-hybridized carbons (Fsp3) is 0.286. The number of nitrogens with one attached hydrogen (secondary N) is 1. The highest BCUT2D eigenvalue weighted by atomic mass is 32.1. The van der Waals surface area contributed by atoms with Gasteiger partial charge in [-0.25, -0.2) is 9.97 Å². The molecule has 0 unspecified atom stereocenters. The van der Waals surface area contributed by atoms with Gasteiger partial charge in [-0.3, -0.25) is 4.79 Å². The van der Waals surface area contributed by atoms with Gasteiger partial charge in [-0.15, -0.1) is 11.3 Å². The zero-order valence-corrected chi connectivity index (χ0v) is 17.2. The van der Waals surface area contributed by atoms with Crippen LogP contribution in [-0.4, -0.2) is 30.9 Å². The van der Waals surface area contributed by atoms with Crippen molar-refractivity contribution in [3.05, 3.63) is 64.1 Å². The van der Waals surface area contributed by atoms with Gasteiger partial charge in [-0.2, -0.15) is 0 Å². The maximum absolute atomic E-state index is 12.7. The van der Waals surface area contributed by atoms with Gasteiger partial charge in [0.25, 0.3) is 5.91 Å². The maximum Gasteiger partial charge on any atom is 0.253 e. The Bertz CT molecular complexity index is 1150. The molecule has 0 aliphatic carbocycles. The van der Waals surface area contributed by atoms with Gasteiger partial charge < -0.3 is 14.3 Å². The Labute approximate surface area is 167 Å². The lowest BCUT2D eigenvalue weighted by molar-refractivity contribution is 0.0945. The van der Waals surface area contributed by atoms with Crippen molar-refractivity contribution >= 4 is 22.8 Å². The van der Waals surface area contributed by atoms with Crippen molar-refractivity contribution in [2.24, 2.45) is 0 Å². The zero-order valence-electron chi connectivity index (χ0n) is 16.4. The Morgan fingerprint density at radius 2 is 2.07 bits per heavy atom. The van der Waals surface area contributed by atoms with E-state index in [4.69, 9.17) is 4.98 Å². The number of nitrogens with zero attached hydrogens (tertiary/aromatic N) is 4. The largest absolute Gasteiger partial charge is 0.350 e. The highest BCUT2D eigenvalue weighted by Crippen LogP contribution is 2.26. The normalized spacial score (nSPS) is 11.5. The van der Waals surface area contributed by atoms with Gasteiger partial charge in [0.1, 0.15) is 11.5 Å². The second-order valence-electron chi connectivity index (χ2n) is 7.19. The zero-order chi connectivity index (χ0) is 19.8. The number of carbonyl (C=O) groups excluding carboxylic acids is 1. The van der Waals surface area contributed by atoms with Crippen LogP contribution < -0.4 is 5.32 Å². The van der Waals surface area contributed by atoms with E-state index in [0.717, 1.165) is 33.4 Å². The molecule has 0 bridgehead atoms. The van der Waals surface area contributed by atoms with Crippen molar-refractivity contribution in [2.75, 3.05) is 0 Å². The van der Waals surface area contributed by atoms with Crippen LogP contribution >= 0.6 is 11.3 Å². The number of hydrogen-bond donors (Lipinski definition) is 1. The molecule has 4 heterocycles. The van der Waals surface area contributed by atoms with Gasteiger partial charge >= 0.3 is 0 Å². The van der Waals surface area contributed by atoms with Crippen LogP contribution in [0.3, 0.4) is 0 Å². The molecule has 1 amide bonds. The van der Waals surface area contributed by atoms with Crippen LogP contribution in [0.4, 0.5) is 0 Å². The van der Waals surface area contributed by atoms with Crippen LogP contribution in [0.5, 0.6) is 0 Å². The monoisotopic (exact) mass is 393 g/mol. The summed E-state index contributed by atoms with van der Waals surface area (Å²) in [6.45, 7) is 8.61. The molecule has 0 saturated heterocycles. The SMILES string of the molecule is Cc1nc(Cn2cc(-c3cc(C(=O)NC(C)C)c4ccccn34)nc2C)cs1. The first-order valence-electron chi connectivity index (χ1n) is 9.28. The van der Waals surface area contributed by atoms with E-state index in [2.05, 4.69) is 20.2 Å². The summed E-state index contributed by atoms with van der Waals surface area (Å²) < 4.78 is 4.12. The van der Waals surface area contributed by atoms with Crippen LogP contribution in [0.15, 0.2) is 42.0 Å². The number of carbonyl (C=O) groups is 1. The van der Waals surface area contributed by atoms with Crippen LogP contribution in [0, 0.1) is 13.8 Å². The molecule has 144 valence electrons. The van der Waals surface area contributed by atoms with E-state index in [1.165, 1.54) is 0 Å². The van der Waals surface area contributed by atoms with Gasteiger partial charge in [0.15, 0.2) is 0 Å². The molecule has 0 fully saturated rings. The lowest BCUT2D eigenvalue weighted by Gasteiger charge is -2.07. The van der Waals surface area contributed by atoms with Gasteiger partial charge in [-0.1, -0.05) is 6.07 Å². The molecule has 4 aromatic rings. The number of thiazole rings is 1. The summed E-state index contributed by atoms with van der Waals surface area (Å²) in [5.74, 6) is 0.846. The van der Waals surface area contributed by atoms with Gasteiger partial charge in [-0.05, 0) is 45.9 Å². The fourth-order valence-corrected chi connectivity index (χ4v) is 3.92. The summed E-state index contributed by atoms with van der Waals surface area (Å²) in [5, 5.41) is 6.12. The molecule has 0 saturated carbocycles. The third-order valence-corrected chi connectivity index (χ3v) is 5.40. The Morgan fingerprint density at radius 1 is 1.25 bits per heavy atom. The third-order valence-electron chi connectivity index (χ3n) is 4.58. The standard InChI is InChI=1S/C21H23N5OS/c1-13(2)22-21(27)17-9-20(26-8-6-5-7-19(17)26)18-11-25(14(3)23-18)10-16-12-28-15(4)24-16/h5-9,11-13H,10H2,1-4H3,(H,22,27). The summed E-state index contributed by atoms with van der Waals surface area (Å²) >= 11 is 1.65. The average molecular weight is 394 g/mol. The first-order chi connectivity index (χ1) is 13.4. The molecule has 0 radical (unpaired) electrons. The van der Waals surface area contributed by atoms with Crippen molar-refractivity contribution in [1.29, 1.82) is 0 Å². The molecule has 1 N–H and O–H groups in total. The number of aromatic nitrogens is 4. The van der Waals surface area contributed by atoms with E-state index < -0.39 is 0 Å². The van der Waals surface area contributed by atoms with E-state index in [1.54, 1.807) is 11.3 Å². The molecule has 0 atom stereocenters. The van der Waals surface area contributed by atoms with E-state index in [1.807, 2.05) is 68.8 Å². The maximum atomic E-state index is 12.7.